The number of hydrogen-bond acceptors (Lipinski definition) is 6. The van der Waals surface area contributed by atoms with Crippen LogP contribution in [-0.4, -0.2) is 37.5 Å². The van der Waals surface area contributed by atoms with Crippen molar-refractivity contribution >= 4 is 34.1 Å². The van der Waals surface area contributed by atoms with Crippen LogP contribution < -0.4 is 15.4 Å². The number of amides is 2. The average Bonchev–Trinajstić information content (AvgIpc) is 2.97. The summed E-state index contributed by atoms with van der Waals surface area (Å²) in [5.41, 5.74) is 1.13. The molecule has 2 amide bonds. The molecule has 2 N–H and O–H groups in total. The molecule has 0 atom stereocenters. The van der Waals surface area contributed by atoms with Gasteiger partial charge in [0.1, 0.15) is 15.6 Å². The smallest absolute Gasteiger partial charge is 0.348 e. The summed E-state index contributed by atoms with van der Waals surface area (Å²) >= 11 is 1.02. The molecule has 0 saturated heterocycles. The summed E-state index contributed by atoms with van der Waals surface area (Å²) in [7, 11) is 1.49. The van der Waals surface area contributed by atoms with Gasteiger partial charge in [-0.25, -0.2) is 4.79 Å². The molecule has 8 heteroatoms. The molecule has 0 aliphatic heterocycles. The van der Waals surface area contributed by atoms with Gasteiger partial charge in [0, 0.05) is 12.6 Å². The lowest BCUT2D eigenvalue weighted by atomic mass is 10.1. The molecule has 0 bridgehead atoms. The molecule has 1 aromatic carbocycles. The van der Waals surface area contributed by atoms with Crippen molar-refractivity contribution < 1.29 is 23.9 Å². The second kappa shape index (κ2) is 9.36. The minimum absolute atomic E-state index is 0.0326. The zero-order chi connectivity index (χ0) is 20.8. The van der Waals surface area contributed by atoms with Gasteiger partial charge in [0.15, 0.2) is 0 Å². The molecule has 0 aliphatic carbocycles. The summed E-state index contributed by atoms with van der Waals surface area (Å²) in [6.07, 6.45) is 0.0326. The number of hydrogen-bond donors (Lipinski definition) is 2. The van der Waals surface area contributed by atoms with Gasteiger partial charge in [-0.05, 0) is 57.5 Å². The van der Waals surface area contributed by atoms with E-state index in [0.717, 1.165) is 11.3 Å². The molecular weight excluding hydrogens is 380 g/mol. The Hall–Kier alpha value is -2.87. The molecule has 150 valence electrons. The summed E-state index contributed by atoms with van der Waals surface area (Å²) in [4.78, 5) is 37.4. The molecule has 7 nitrogen and oxygen atoms in total. The Morgan fingerprint density at radius 3 is 2.29 bits per heavy atom. The van der Waals surface area contributed by atoms with Crippen LogP contribution in [0.2, 0.25) is 0 Å². The molecule has 0 radical (unpaired) electrons. The second-order valence-electron chi connectivity index (χ2n) is 6.21. The molecule has 0 aliphatic rings. The number of carbonyl (C=O) groups excluding carboxylic acids is 3. The number of esters is 1. The highest BCUT2D eigenvalue weighted by Gasteiger charge is 2.26. The van der Waals surface area contributed by atoms with Gasteiger partial charge < -0.3 is 20.1 Å². The number of thiophene rings is 1. The van der Waals surface area contributed by atoms with Crippen LogP contribution >= 0.6 is 11.3 Å². The Balaban J connectivity index is 2.31. The summed E-state index contributed by atoms with van der Waals surface area (Å²) in [6.45, 7) is 7.41. The number of ether oxygens (including phenoxy) is 2. The minimum Gasteiger partial charge on any atom is -0.491 e. The van der Waals surface area contributed by atoms with Gasteiger partial charge >= 0.3 is 5.97 Å². The van der Waals surface area contributed by atoms with Gasteiger partial charge in [-0.1, -0.05) is 0 Å². The van der Waals surface area contributed by atoms with Gasteiger partial charge in [-0.2, -0.15) is 0 Å². The first kappa shape index (κ1) is 21.4. The summed E-state index contributed by atoms with van der Waals surface area (Å²) in [5.74, 6) is -0.641. The fourth-order valence-electron chi connectivity index (χ4n) is 2.52. The zero-order valence-corrected chi connectivity index (χ0v) is 17.4. The predicted molar refractivity (Wildman–Crippen MR) is 109 cm³/mol. The Labute approximate surface area is 168 Å². The van der Waals surface area contributed by atoms with Crippen LogP contribution in [0.15, 0.2) is 24.3 Å². The molecule has 2 aromatic rings. The normalized spacial score (nSPS) is 10.5. The molecule has 0 saturated carbocycles. The maximum Gasteiger partial charge on any atom is 0.348 e. The Bertz CT molecular complexity index is 871. The van der Waals surface area contributed by atoms with Crippen molar-refractivity contribution in [1.29, 1.82) is 0 Å². The quantitative estimate of drug-likeness (QED) is 0.687. The van der Waals surface area contributed by atoms with Crippen LogP contribution in [0, 0.1) is 6.92 Å². The van der Waals surface area contributed by atoms with E-state index in [9.17, 15) is 14.4 Å². The van der Waals surface area contributed by atoms with Crippen LogP contribution in [0.5, 0.6) is 5.75 Å². The maximum absolute atomic E-state index is 12.6. The largest absolute Gasteiger partial charge is 0.491 e. The van der Waals surface area contributed by atoms with Crippen molar-refractivity contribution in [2.45, 2.75) is 33.8 Å². The highest BCUT2D eigenvalue weighted by molar-refractivity contribution is 7.18. The predicted octanol–water partition coefficient (Wildman–Crippen LogP) is 3.63. The van der Waals surface area contributed by atoms with Crippen LogP contribution in [0.4, 0.5) is 5.00 Å². The van der Waals surface area contributed by atoms with Crippen molar-refractivity contribution in [3.05, 3.63) is 45.8 Å². The monoisotopic (exact) mass is 404 g/mol. The molecular formula is C20H24N2O5S. The highest BCUT2D eigenvalue weighted by atomic mass is 32.1. The second-order valence-corrected chi connectivity index (χ2v) is 7.23. The third-order valence-corrected chi connectivity index (χ3v) is 4.96. The SMILES string of the molecule is CCOC(=O)c1sc(NC(=O)c2ccc(OC(C)C)cc2)c(C(=O)NC)c1C. The van der Waals surface area contributed by atoms with E-state index >= 15 is 0 Å². The maximum atomic E-state index is 12.6. The van der Waals surface area contributed by atoms with E-state index in [1.807, 2.05) is 13.8 Å². The molecule has 1 heterocycles. The van der Waals surface area contributed by atoms with Gasteiger partial charge in [0.2, 0.25) is 0 Å². The fraction of sp³-hybridized carbons (Fsp3) is 0.350. The molecule has 0 fully saturated rings. The fourth-order valence-corrected chi connectivity index (χ4v) is 3.62. The number of benzene rings is 1. The van der Waals surface area contributed by atoms with E-state index in [1.165, 1.54) is 7.05 Å². The number of rotatable bonds is 7. The lowest BCUT2D eigenvalue weighted by molar-refractivity contribution is 0.0531. The average molecular weight is 404 g/mol. The molecule has 0 spiro atoms. The van der Waals surface area contributed by atoms with Crippen LogP contribution in [0.25, 0.3) is 0 Å². The Morgan fingerprint density at radius 2 is 1.75 bits per heavy atom. The first-order chi connectivity index (χ1) is 13.3. The van der Waals surface area contributed by atoms with Crippen LogP contribution in [0.3, 0.4) is 0 Å². The van der Waals surface area contributed by atoms with E-state index in [-0.39, 0.29) is 29.1 Å². The molecule has 2 rings (SSSR count). The molecule has 28 heavy (non-hydrogen) atoms. The van der Waals surface area contributed by atoms with E-state index in [4.69, 9.17) is 9.47 Å². The first-order valence-electron chi connectivity index (χ1n) is 8.89. The highest BCUT2D eigenvalue weighted by Crippen LogP contribution is 2.34. The third kappa shape index (κ3) is 4.89. The van der Waals surface area contributed by atoms with Crippen LogP contribution in [0.1, 0.15) is 56.7 Å². The van der Waals surface area contributed by atoms with Gasteiger partial charge in [-0.15, -0.1) is 11.3 Å². The summed E-state index contributed by atoms with van der Waals surface area (Å²) < 4.78 is 10.6. The van der Waals surface area contributed by atoms with E-state index < -0.39 is 11.9 Å². The summed E-state index contributed by atoms with van der Waals surface area (Å²) in [6, 6.07) is 6.69. The molecule has 1 aromatic heterocycles. The van der Waals surface area contributed by atoms with Crippen molar-refractivity contribution in [3.63, 3.8) is 0 Å². The van der Waals surface area contributed by atoms with Crippen molar-refractivity contribution in [2.75, 3.05) is 19.0 Å². The van der Waals surface area contributed by atoms with E-state index in [1.54, 1.807) is 38.1 Å². The van der Waals surface area contributed by atoms with E-state index in [2.05, 4.69) is 10.6 Å². The number of anilines is 1. The van der Waals surface area contributed by atoms with E-state index in [0.29, 0.717) is 21.9 Å². The number of carbonyl (C=O) groups is 3. The first-order valence-corrected chi connectivity index (χ1v) is 9.70. The van der Waals surface area contributed by atoms with Crippen LogP contribution in [-0.2, 0) is 4.74 Å². The van der Waals surface area contributed by atoms with Crippen molar-refractivity contribution in [3.8, 4) is 5.75 Å². The van der Waals surface area contributed by atoms with Gasteiger partial charge in [0.05, 0.1) is 18.3 Å². The Morgan fingerprint density at radius 1 is 1.11 bits per heavy atom. The van der Waals surface area contributed by atoms with Crippen molar-refractivity contribution in [1.82, 2.24) is 5.32 Å². The minimum atomic E-state index is -0.522. The van der Waals surface area contributed by atoms with Gasteiger partial charge in [-0.3, -0.25) is 9.59 Å². The summed E-state index contributed by atoms with van der Waals surface area (Å²) in [5, 5.41) is 5.56. The zero-order valence-electron chi connectivity index (χ0n) is 16.5. The Kier molecular flexibility index (Phi) is 7.17. The van der Waals surface area contributed by atoms with Crippen molar-refractivity contribution in [2.24, 2.45) is 0 Å². The third-order valence-electron chi connectivity index (χ3n) is 3.78. The van der Waals surface area contributed by atoms with Gasteiger partial charge in [0.25, 0.3) is 11.8 Å². The standard InChI is InChI=1S/C20H24N2O5S/c1-6-26-20(25)16-12(4)15(18(24)21-5)19(28-16)22-17(23)13-7-9-14(10-8-13)27-11(2)3/h7-11H,6H2,1-5H3,(H,21,24)(H,22,23). The lowest BCUT2D eigenvalue weighted by Crippen LogP contribution is -2.21. The topological polar surface area (TPSA) is 93.7 Å². The number of nitrogens with one attached hydrogen (secondary N) is 2. The lowest BCUT2D eigenvalue weighted by Gasteiger charge is -2.10. The molecule has 0 unspecified atom stereocenters.